The summed E-state index contributed by atoms with van der Waals surface area (Å²) in [6, 6.07) is 7.09. The molecule has 18 heavy (non-hydrogen) atoms. The third-order valence-electron chi connectivity index (χ3n) is 3.76. The van der Waals surface area contributed by atoms with Crippen LogP contribution < -0.4 is 0 Å². The number of halogens is 1. The van der Waals surface area contributed by atoms with E-state index in [0.29, 0.717) is 12.5 Å². The summed E-state index contributed by atoms with van der Waals surface area (Å²) in [5, 5.41) is 9.81. The fourth-order valence-corrected chi connectivity index (χ4v) is 2.79. The fraction of sp³-hybridized carbons (Fsp3) is 0.600. The minimum absolute atomic E-state index is 0.178. The third-order valence-corrected chi connectivity index (χ3v) is 3.76. The van der Waals surface area contributed by atoms with Gasteiger partial charge in [0, 0.05) is 19.1 Å². The quantitative estimate of drug-likeness (QED) is 0.889. The van der Waals surface area contributed by atoms with Gasteiger partial charge in [-0.3, -0.25) is 4.90 Å². The van der Waals surface area contributed by atoms with Gasteiger partial charge in [-0.15, -0.1) is 0 Å². The van der Waals surface area contributed by atoms with Crippen LogP contribution in [-0.4, -0.2) is 29.2 Å². The maximum Gasteiger partial charge on any atom is 0.123 e. The monoisotopic (exact) mass is 251 g/mol. The van der Waals surface area contributed by atoms with Crippen LogP contribution in [-0.2, 0) is 0 Å². The van der Waals surface area contributed by atoms with Crippen molar-refractivity contribution in [2.45, 2.75) is 38.8 Å². The summed E-state index contributed by atoms with van der Waals surface area (Å²) in [5.74, 6) is 0.422. The summed E-state index contributed by atoms with van der Waals surface area (Å²) < 4.78 is 13.3. The normalized spacial score (nSPS) is 26.4. The minimum Gasteiger partial charge on any atom is -0.392 e. The lowest BCUT2D eigenvalue weighted by Crippen LogP contribution is -2.32. The number of benzene rings is 1. The second kappa shape index (κ2) is 5.81. The first-order valence-electron chi connectivity index (χ1n) is 6.77. The lowest BCUT2D eigenvalue weighted by Gasteiger charge is -2.26. The number of β-amino-alcohol motifs (C(OH)–C–C–N with tert-alkyl or cyclic N) is 1. The Bertz CT molecular complexity index is 396. The zero-order chi connectivity index (χ0) is 13.1. The van der Waals surface area contributed by atoms with Gasteiger partial charge in [0.15, 0.2) is 0 Å². The van der Waals surface area contributed by atoms with Crippen molar-refractivity contribution in [1.82, 2.24) is 4.90 Å². The zero-order valence-corrected chi connectivity index (χ0v) is 11.1. The Kier molecular flexibility index (Phi) is 4.36. The molecule has 0 aliphatic carbocycles. The summed E-state index contributed by atoms with van der Waals surface area (Å²) >= 11 is 0. The van der Waals surface area contributed by atoms with Gasteiger partial charge < -0.3 is 5.11 Å². The molecule has 1 N–H and O–H groups in total. The second-order valence-corrected chi connectivity index (χ2v) is 5.43. The third kappa shape index (κ3) is 3.09. The Morgan fingerprint density at radius 2 is 2.28 bits per heavy atom. The lowest BCUT2D eigenvalue weighted by molar-refractivity contribution is 0.102. The van der Waals surface area contributed by atoms with Crippen LogP contribution in [0.25, 0.3) is 0 Å². The Hall–Kier alpha value is -0.930. The van der Waals surface area contributed by atoms with Gasteiger partial charge in [-0.05, 0) is 36.5 Å². The standard InChI is InChI=1S/C15H22FNO/c1-3-14(18)10-17-9-11(2)7-15(17)12-5-4-6-13(16)8-12/h4-6,8,11,14-15,18H,3,7,9-10H2,1-2H3/t11?,14-,15?/m1/s1. The first-order valence-corrected chi connectivity index (χ1v) is 6.77. The highest BCUT2D eigenvalue weighted by molar-refractivity contribution is 5.21. The molecule has 0 spiro atoms. The van der Waals surface area contributed by atoms with E-state index in [2.05, 4.69) is 11.8 Å². The van der Waals surface area contributed by atoms with Crippen molar-refractivity contribution in [2.24, 2.45) is 5.92 Å². The first kappa shape index (κ1) is 13.5. The fourth-order valence-electron chi connectivity index (χ4n) is 2.79. The molecule has 3 atom stereocenters. The molecule has 1 aliphatic heterocycles. The van der Waals surface area contributed by atoms with Crippen molar-refractivity contribution in [2.75, 3.05) is 13.1 Å². The van der Waals surface area contributed by atoms with Crippen molar-refractivity contribution in [3.05, 3.63) is 35.6 Å². The molecule has 2 unspecified atom stereocenters. The van der Waals surface area contributed by atoms with E-state index in [1.54, 1.807) is 12.1 Å². The number of nitrogens with zero attached hydrogens (tertiary/aromatic N) is 1. The summed E-state index contributed by atoms with van der Waals surface area (Å²) in [6.45, 7) is 5.87. The van der Waals surface area contributed by atoms with Crippen LogP contribution in [0.2, 0.25) is 0 Å². The molecule has 0 radical (unpaired) electrons. The van der Waals surface area contributed by atoms with Gasteiger partial charge in [0.25, 0.3) is 0 Å². The van der Waals surface area contributed by atoms with Crippen molar-refractivity contribution < 1.29 is 9.50 Å². The van der Waals surface area contributed by atoms with Crippen LogP contribution in [0.4, 0.5) is 4.39 Å². The van der Waals surface area contributed by atoms with Crippen molar-refractivity contribution in [3.63, 3.8) is 0 Å². The van der Waals surface area contributed by atoms with E-state index in [1.807, 2.05) is 13.0 Å². The van der Waals surface area contributed by atoms with E-state index in [9.17, 15) is 9.50 Å². The van der Waals surface area contributed by atoms with Crippen molar-refractivity contribution in [1.29, 1.82) is 0 Å². The van der Waals surface area contributed by atoms with Gasteiger partial charge in [-0.2, -0.15) is 0 Å². The first-order chi connectivity index (χ1) is 8.60. The molecule has 1 fully saturated rings. The number of hydrogen-bond donors (Lipinski definition) is 1. The average Bonchev–Trinajstić information content (AvgIpc) is 2.70. The molecule has 2 nitrogen and oxygen atoms in total. The molecule has 1 aliphatic rings. The summed E-state index contributed by atoms with van der Waals surface area (Å²) in [5.41, 5.74) is 1.03. The van der Waals surface area contributed by atoms with Crippen LogP contribution >= 0.6 is 0 Å². The van der Waals surface area contributed by atoms with Crippen LogP contribution in [0.15, 0.2) is 24.3 Å². The largest absolute Gasteiger partial charge is 0.392 e. The smallest absolute Gasteiger partial charge is 0.123 e. The molecule has 0 bridgehead atoms. The molecule has 1 heterocycles. The molecule has 1 saturated heterocycles. The summed E-state index contributed by atoms with van der Waals surface area (Å²) in [4.78, 5) is 2.29. The number of rotatable bonds is 4. The number of aliphatic hydroxyl groups excluding tert-OH is 1. The number of aliphatic hydroxyl groups is 1. The van der Waals surface area contributed by atoms with E-state index < -0.39 is 0 Å². The maximum atomic E-state index is 13.3. The van der Waals surface area contributed by atoms with E-state index in [4.69, 9.17) is 0 Å². The number of hydrogen-bond acceptors (Lipinski definition) is 2. The molecule has 0 amide bonds. The second-order valence-electron chi connectivity index (χ2n) is 5.43. The van der Waals surface area contributed by atoms with Gasteiger partial charge in [0.2, 0.25) is 0 Å². The van der Waals surface area contributed by atoms with E-state index in [-0.39, 0.29) is 18.0 Å². The highest BCUT2D eigenvalue weighted by atomic mass is 19.1. The van der Waals surface area contributed by atoms with Gasteiger partial charge >= 0.3 is 0 Å². The SMILES string of the molecule is CC[C@@H](O)CN1CC(C)CC1c1cccc(F)c1. The summed E-state index contributed by atoms with van der Waals surface area (Å²) in [7, 11) is 0. The van der Waals surface area contributed by atoms with Gasteiger partial charge in [0.1, 0.15) is 5.82 Å². The van der Waals surface area contributed by atoms with Crippen molar-refractivity contribution in [3.8, 4) is 0 Å². The molecular weight excluding hydrogens is 229 g/mol. The highest BCUT2D eigenvalue weighted by Gasteiger charge is 2.31. The van der Waals surface area contributed by atoms with E-state index >= 15 is 0 Å². The topological polar surface area (TPSA) is 23.5 Å². The lowest BCUT2D eigenvalue weighted by atomic mass is 10.0. The Balaban J connectivity index is 2.14. The molecule has 1 aromatic rings. The Morgan fingerprint density at radius 1 is 1.50 bits per heavy atom. The molecule has 0 saturated carbocycles. The molecule has 3 heteroatoms. The van der Waals surface area contributed by atoms with Crippen LogP contribution in [0.1, 0.15) is 38.3 Å². The molecule has 100 valence electrons. The predicted octanol–water partition coefficient (Wildman–Crippen LogP) is 2.98. The highest BCUT2D eigenvalue weighted by Crippen LogP contribution is 2.35. The van der Waals surface area contributed by atoms with Gasteiger partial charge in [-0.1, -0.05) is 26.0 Å². The van der Waals surface area contributed by atoms with Crippen molar-refractivity contribution >= 4 is 0 Å². The van der Waals surface area contributed by atoms with Crippen LogP contribution in [0.3, 0.4) is 0 Å². The zero-order valence-electron chi connectivity index (χ0n) is 11.1. The molecule has 2 rings (SSSR count). The predicted molar refractivity (Wildman–Crippen MR) is 70.8 cm³/mol. The van der Waals surface area contributed by atoms with Crippen LogP contribution in [0, 0.1) is 11.7 Å². The van der Waals surface area contributed by atoms with Gasteiger partial charge in [-0.25, -0.2) is 4.39 Å². The average molecular weight is 251 g/mol. The van der Waals surface area contributed by atoms with Crippen LogP contribution in [0.5, 0.6) is 0 Å². The van der Waals surface area contributed by atoms with E-state index in [0.717, 1.165) is 24.9 Å². The number of likely N-dealkylation sites (tertiary alicyclic amines) is 1. The molecular formula is C15H22FNO. The van der Waals surface area contributed by atoms with Gasteiger partial charge in [0.05, 0.1) is 6.10 Å². The van der Waals surface area contributed by atoms with E-state index in [1.165, 1.54) is 6.07 Å². The summed E-state index contributed by atoms with van der Waals surface area (Å²) in [6.07, 6.45) is 1.52. The Labute approximate surface area is 108 Å². The Morgan fingerprint density at radius 3 is 2.94 bits per heavy atom. The maximum absolute atomic E-state index is 13.3. The minimum atomic E-state index is -0.286. The molecule has 0 aromatic heterocycles. The molecule has 1 aromatic carbocycles.